The fraction of sp³-hybridized carbons (Fsp3) is 0.360. The van der Waals surface area contributed by atoms with E-state index in [0.717, 1.165) is 35.2 Å². The number of rotatable bonds is 6. The molecule has 166 valence electrons. The third-order valence-electron chi connectivity index (χ3n) is 5.97. The molecular weight excluding hydrogens is 405 g/mol. The van der Waals surface area contributed by atoms with Crippen molar-refractivity contribution in [3.63, 3.8) is 0 Å². The van der Waals surface area contributed by atoms with Crippen LogP contribution >= 0.6 is 0 Å². The van der Waals surface area contributed by atoms with Gasteiger partial charge in [0.1, 0.15) is 5.82 Å². The topological polar surface area (TPSA) is 62.2 Å². The van der Waals surface area contributed by atoms with Crippen molar-refractivity contribution in [2.75, 3.05) is 25.5 Å². The summed E-state index contributed by atoms with van der Waals surface area (Å²) in [6.45, 7) is 2.69. The Balaban J connectivity index is 1.65. The molecule has 0 radical (unpaired) electrons. The van der Waals surface area contributed by atoms with Gasteiger partial charge in [-0.3, -0.25) is 9.78 Å². The van der Waals surface area contributed by atoms with Gasteiger partial charge in [0.25, 0.3) is 0 Å². The van der Waals surface area contributed by atoms with Gasteiger partial charge in [0, 0.05) is 51.2 Å². The van der Waals surface area contributed by atoms with E-state index in [1.54, 1.807) is 24.4 Å². The minimum Gasteiger partial charge on any atom is -0.347 e. The number of carbonyl (C=O) groups is 1. The van der Waals surface area contributed by atoms with Crippen molar-refractivity contribution in [1.29, 1.82) is 0 Å². The first kappa shape index (κ1) is 21.9. The number of benzene rings is 1. The first-order chi connectivity index (χ1) is 15.5. The lowest BCUT2D eigenvalue weighted by atomic mass is 9.97. The highest BCUT2D eigenvalue weighted by Gasteiger charge is 2.33. The van der Waals surface area contributed by atoms with Gasteiger partial charge in [0.15, 0.2) is 0 Å². The minimum absolute atomic E-state index is 0.0261. The van der Waals surface area contributed by atoms with Crippen LogP contribution in [0.25, 0.3) is 11.1 Å². The lowest BCUT2D eigenvalue weighted by Gasteiger charge is -2.27. The Morgan fingerprint density at radius 1 is 1.19 bits per heavy atom. The number of hydrogen-bond acceptors (Lipinski definition) is 5. The second-order valence-electron chi connectivity index (χ2n) is 8.39. The van der Waals surface area contributed by atoms with Crippen molar-refractivity contribution in [3.8, 4) is 11.1 Å². The lowest BCUT2D eigenvalue weighted by Crippen LogP contribution is -2.32. The maximum Gasteiger partial charge on any atom is 0.225 e. The summed E-state index contributed by atoms with van der Waals surface area (Å²) in [5.74, 6) is 0.374. The van der Waals surface area contributed by atoms with Crippen LogP contribution in [0.4, 0.5) is 10.3 Å². The van der Waals surface area contributed by atoms with E-state index in [2.05, 4.69) is 9.97 Å². The predicted octanol–water partition coefficient (Wildman–Crippen LogP) is 4.35. The summed E-state index contributed by atoms with van der Waals surface area (Å²) in [5.41, 5.74) is 4.40. The largest absolute Gasteiger partial charge is 0.347 e. The summed E-state index contributed by atoms with van der Waals surface area (Å²) in [6, 6.07) is 8.47. The van der Waals surface area contributed by atoms with Crippen molar-refractivity contribution in [2.45, 2.75) is 38.6 Å². The molecule has 1 amide bonds. The van der Waals surface area contributed by atoms with Crippen LogP contribution in [0.2, 0.25) is 0 Å². The number of anilines is 1. The molecule has 6 nitrogen and oxygen atoms in total. The molecule has 1 atom stereocenters. The second kappa shape index (κ2) is 9.42. The van der Waals surface area contributed by atoms with E-state index in [9.17, 15) is 9.18 Å². The number of hydrogen-bond donors (Lipinski definition) is 0. The monoisotopic (exact) mass is 433 g/mol. The minimum atomic E-state index is -0.264. The van der Waals surface area contributed by atoms with Gasteiger partial charge >= 0.3 is 0 Å². The maximum absolute atomic E-state index is 14.0. The number of aromatic nitrogens is 3. The summed E-state index contributed by atoms with van der Waals surface area (Å²) < 4.78 is 14.0. The number of nitrogens with zero attached hydrogens (tertiary/aromatic N) is 5. The Kier molecular flexibility index (Phi) is 6.44. The molecule has 1 unspecified atom stereocenters. The highest BCUT2D eigenvalue weighted by molar-refractivity contribution is 5.78. The highest BCUT2D eigenvalue weighted by Crippen LogP contribution is 2.38. The molecule has 3 aromatic rings. The molecular formula is C25H28FN5O. The smallest absolute Gasteiger partial charge is 0.225 e. The van der Waals surface area contributed by atoms with Gasteiger partial charge in [-0.2, -0.15) is 0 Å². The zero-order valence-electron chi connectivity index (χ0n) is 18.8. The zero-order valence-corrected chi connectivity index (χ0v) is 18.8. The Morgan fingerprint density at radius 2 is 2.00 bits per heavy atom. The van der Waals surface area contributed by atoms with E-state index in [1.807, 2.05) is 49.3 Å². The summed E-state index contributed by atoms with van der Waals surface area (Å²) in [7, 11) is 3.81. The van der Waals surface area contributed by atoms with Crippen molar-refractivity contribution < 1.29 is 9.18 Å². The quantitative estimate of drug-likeness (QED) is 0.578. The maximum atomic E-state index is 14.0. The standard InChI is InChI=1S/C25H28FN5O/c1-17-15-27-13-12-19(17)20-16-28-25(30(2)3)29-24(20)22-9-6-14-31(22)23(32)11-10-18-7-4-5-8-21(18)26/h4-5,7-8,12-13,15-16,22H,6,9-11,14H2,1-3H3. The fourth-order valence-corrected chi connectivity index (χ4v) is 4.27. The first-order valence-electron chi connectivity index (χ1n) is 10.9. The van der Waals surface area contributed by atoms with Crippen molar-refractivity contribution in [2.24, 2.45) is 0 Å². The molecule has 4 rings (SSSR count). The number of amides is 1. The predicted molar refractivity (Wildman–Crippen MR) is 123 cm³/mol. The van der Waals surface area contributed by atoms with Crippen LogP contribution in [-0.2, 0) is 11.2 Å². The molecule has 3 heterocycles. The average Bonchev–Trinajstić information content (AvgIpc) is 3.28. The van der Waals surface area contributed by atoms with E-state index in [-0.39, 0.29) is 24.2 Å². The SMILES string of the molecule is Cc1cnccc1-c1cnc(N(C)C)nc1C1CCCN1C(=O)CCc1ccccc1F. The number of carbonyl (C=O) groups excluding carboxylic acids is 1. The van der Waals surface area contributed by atoms with Crippen LogP contribution in [0.5, 0.6) is 0 Å². The van der Waals surface area contributed by atoms with Gasteiger partial charge in [-0.05, 0) is 55.0 Å². The normalized spacial score (nSPS) is 15.8. The molecule has 0 spiro atoms. The van der Waals surface area contributed by atoms with Crippen molar-refractivity contribution in [3.05, 3.63) is 71.6 Å². The number of halogens is 1. The van der Waals surface area contributed by atoms with Gasteiger partial charge in [0.05, 0.1) is 11.7 Å². The van der Waals surface area contributed by atoms with Gasteiger partial charge < -0.3 is 9.80 Å². The summed E-state index contributed by atoms with van der Waals surface area (Å²) in [6.07, 6.45) is 7.84. The molecule has 32 heavy (non-hydrogen) atoms. The molecule has 0 N–H and O–H groups in total. The third-order valence-corrected chi connectivity index (χ3v) is 5.97. The Bertz CT molecular complexity index is 1120. The number of aryl methyl sites for hydroxylation is 2. The molecule has 1 aliphatic heterocycles. The third kappa shape index (κ3) is 4.47. The van der Waals surface area contributed by atoms with Crippen LogP contribution in [0.1, 0.15) is 42.1 Å². The number of pyridine rings is 1. The van der Waals surface area contributed by atoms with Crippen LogP contribution in [0, 0.1) is 12.7 Å². The van der Waals surface area contributed by atoms with Crippen molar-refractivity contribution in [1.82, 2.24) is 19.9 Å². The molecule has 7 heteroatoms. The molecule has 1 saturated heterocycles. The van der Waals surface area contributed by atoms with E-state index in [1.165, 1.54) is 6.07 Å². The molecule has 1 aliphatic rings. The van der Waals surface area contributed by atoms with Crippen molar-refractivity contribution >= 4 is 11.9 Å². The van der Waals surface area contributed by atoms with E-state index < -0.39 is 0 Å². The molecule has 1 fully saturated rings. The molecule has 0 saturated carbocycles. The molecule has 2 aromatic heterocycles. The Morgan fingerprint density at radius 3 is 2.75 bits per heavy atom. The van der Waals surface area contributed by atoms with E-state index >= 15 is 0 Å². The van der Waals surface area contributed by atoms with Gasteiger partial charge in [-0.25, -0.2) is 14.4 Å². The van der Waals surface area contributed by atoms with Gasteiger partial charge in [-0.15, -0.1) is 0 Å². The summed E-state index contributed by atoms with van der Waals surface area (Å²) in [5, 5.41) is 0. The van der Waals surface area contributed by atoms with Gasteiger partial charge in [-0.1, -0.05) is 18.2 Å². The number of likely N-dealkylation sites (tertiary alicyclic amines) is 1. The molecule has 0 aliphatic carbocycles. The lowest BCUT2D eigenvalue weighted by molar-refractivity contribution is -0.132. The van der Waals surface area contributed by atoms with E-state index in [0.29, 0.717) is 24.5 Å². The average molecular weight is 434 g/mol. The van der Waals surface area contributed by atoms with Crippen LogP contribution < -0.4 is 4.90 Å². The molecule has 0 bridgehead atoms. The van der Waals surface area contributed by atoms with Crippen LogP contribution in [0.3, 0.4) is 0 Å². The zero-order chi connectivity index (χ0) is 22.7. The Labute approximate surface area is 188 Å². The van der Waals surface area contributed by atoms with Crippen LogP contribution in [0.15, 0.2) is 48.9 Å². The highest BCUT2D eigenvalue weighted by atomic mass is 19.1. The Hall–Kier alpha value is -3.35. The summed E-state index contributed by atoms with van der Waals surface area (Å²) >= 11 is 0. The fourth-order valence-electron chi connectivity index (χ4n) is 4.27. The van der Waals surface area contributed by atoms with Gasteiger partial charge in [0.2, 0.25) is 11.9 Å². The van der Waals surface area contributed by atoms with Crippen LogP contribution in [-0.4, -0.2) is 46.4 Å². The second-order valence-corrected chi connectivity index (χ2v) is 8.39. The first-order valence-corrected chi connectivity index (χ1v) is 10.9. The molecule has 1 aromatic carbocycles. The van der Waals surface area contributed by atoms with E-state index in [4.69, 9.17) is 4.98 Å². The summed E-state index contributed by atoms with van der Waals surface area (Å²) in [4.78, 5) is 30.6.